The monoisotopic (exact) mass is 397 g/mol. The van der Waals surface area contributed by atoms with Crippen LogP contribution in [-0.4, -0.2) is 39.0 Å². The Kier molecular flexibility index (Phi) is 7.73. The van der Waals surface area contributed by atoms with Crippen molar-refractivity contribution in [2.45, 2.75) is 25.1 Å². The van der Waals surface area contributed by atoms with Crippen molar-refractivity contribution in [2.75, 3.05) is 12.3 Å². The molecule has 1 heterocycles. The number of thioether (sulfide) groups is 1. The molecule has 0 bridgehead atoms. The summed E-state index contributed by atoms with van der Waals surface area (Å²) in [6, 6.07) is 6.52. The quantitative estimate of drug-likeness (QED) is 0.663. The van der Waals surface area contributed by atoms with Gasteiger partial charge in [0.25, 0.3) is 0 Å². The summed E-state index contributed by atoms with van der Waals surface area (Å²) < 4.78 is 7.37. The van der Waals surface area contributed by atoms with E-state index in [0.29, 0.717) is 28.3 Å². The lowest BCUT2D eigenvalue weighted by Gasteiger charge is -2.07. The van der Waals surface area contributed by atoms with Crippen LogP contribution in [0.2, 0.25) is 5.02 Å². The second kappa shape index (κ2) is 10.0. The van der Waals surface area contributed by atoms with E-state index in [1.54, 1.807) is 35.9 Å². The van der Waals surface area contributed by atoms with Gasteiger partial charge in [-0.2, -0.15) is 0 Å². The molecule has 1 aromatic heterocycles. The second-order valence-corrected chi connectivity index (χ2v) is 6.67. The number of halogens is 1. The van der Waals surface area contributed by atoms with E-state index >= 15 is 0 Å². The summed E-state index contributed by atoms with van der Waals surface area (Å²) in [5.41, 5.74) is 0. The average Bonchev–Trinajstić information content (AvgIpc) is 2.97. The Hall–Kier alpha value is -2.26. The summed E-state index contributed by atoms with van der Waals surface area (Å²) in [5.74, 6) is 0.946. The molecule has 8 nitrogen and oxygen atoms in total. The number of hydrogen-bond acceptors (Lipinski definition) is 6. The van der Waals surface area contributed by atoms with Crippen molar-refractivity contribution in [3.63, 3.8) is 0 Å². The van der Waals surface area contributed by atoms with Gasteiger partial charge in [-0.3, -0.25) is 10.1 Å². The molecule has 0 aliphatic heterocycles. The minimum absolute atomic E-state index is 0.0591. The zero-order valence-electron chi connectivity index (χ0n) is 14.5. The molecule has 0 fully saturated rings. The molecule has 140 valence electrons. The highest BCUT2D eigenvalue weighted by Gasteiger charge is 2.13. The van der Waals surface area contributed by atoms with Gasteiger partial charge in [-0.15, -0.1) is 10.2 Å². The predicted octanol–water partition coefficient (Wildman–Crippen LogP) is 2.38. The van der Waals surface area contributed by atoms with Crippen LogP contribution in [0.25, 0.3) is 0 Å². The first-order chi connectivity index (χ1) is 12.5. The number of hydrogen-bond donors (Lipinski definition) is 2. The largest absolute Gasteiger partial charge is 0.486 e. The molecule has 0 aliphatic rings. The molecule has 1 aromatic carbocycles. The number of urea groups is 1. The lowest BCUT2D eigenvalue weighted by atomic mass is 10.3. The molecule has 0 saturated heterocycles. The Morgan fingerprint density at radius 1 is 1.27 bits per heavy atom. The van der Waals surface area contributed by atoms with Crippen LogP contribution < -0.4 is 15.4 Å². The fourth-order valence-corrected chi connectivity index (χ4v) is 2.71. The van der Waals surface area contributed by atoms with Crippen LogP contribution in [0, 0.1) is 0 Å². The maximum Gasteiger partial charge on any atom is 0.321 e. The third-order valence-electron chi connectivity index (χ3n) is 3.23. The predicted molar refractivity (Wildman–Crippen MR) is 99.3 cm³/mol. The van der Waals surface area contributed by atoms with Gasteiger partial charge >= 0.3 is 6.03 Å². The molecule has 0 saturated carbocycles. The van der Waals surface area contributed by atoms with E-state index < -0.39 is 11.9 Å². The van der Waals surface area contributed by atoms with Crippen LogP contribution in [0.15, 0.2) is 29.4 Å². The average molecular weight is 398 g/mol. The van der Waals surface area contributed by atoms with Crippen LogP contribution in [0.3, 0.4) is 0 Å². The molecule has 0 radical (unpaired) electrons. The van der Waals surface area contributed by atoms with Crippen molar-refractivity contribution in [3.8, 4) is 5.75 Å². The minimum atomic E-state index is -0.493. The van der Waals surface area contributed by atoms with E-state index in [-0.39, 0.29) is 12.4 Å². The molecule has 0 unspecified atom stereocenters. The Labute approximate surface area is 160 Å². The van der Waals surface area contributed by atoms with E-state index in [0.717, 1.165) is 6.42 Å². The van der Waals surface area contributed by atoms with Gasteiger partial charge in [0.1, 0.15) is 12.4 Å². The number of amides is 3. The first kappa shape index (κ1) is 20.1. The van der Waals surface area contributed by atoms with Gasteiger partial charge in [-0.1, -0.05) is 30.3 Å². The number of rotatable bonds is 8. The van der Waals surface area contributed by atoms with Crippen LogP contribution in [0.4, 0.5) is 4.79 Å². The van der Waals surface area contributed by atoms with Crippen molar-refractivity contribution >= 4 is 35.3 Å². The number of imide groups is 1. The highest BCUT2D eigenvalue weighted by atomic mass is 35.5. The molecule has 0 atom stereocenters. The Balaban J connectivity index is 1.81. The smallest absolute Gasteiger partial charge is 0.321 e. The number of benzene rings is 1. The summed E-state index contributed by atoms with van der Waals surface area (Å²) >= 11 is 7.02. The van der Waals surface area contributed by atoms with Crippen LogP contribution in [-0.2, 0) is 18.4 Å². The van der Waals surface area contributed by atoms with E-state index in [4.69, 9.17) is 16.3 Å². The molecule has 26 heavy (non-hydrogen) atoms. The molecule has 10 heteroatoms. The highest BCUT2D eigenvalue weighted by molar-refractivity contribution is 7.99. The van der Waals surface area contributed by atoms with Crippen LogP contribution >= 0.6 is 23.4 Å². The molecular formula is C16H20ClN5O3S. The fraction of sp³-hybridized carbons (Fsp3) is 0.375. The van der Waals surface area contributed by atoms with Gasteiger partial charge in [-0.25, -0.2) is 4.79 Å². The molecule has 2 aromatic rings. The van der Waals surface area contributed by atoms with Gasteiger partial charge < -0.3 is 14.6 Å². The number of nitrogens with one attached hydrogen (secondary N) is 2. The third-order valence-corrected chi connectivity index (χ3v) is 4.50. The number of aromatic nitrogens is 3. The standard InChI is InChI=1S/C16H20ClN5O3S/c1-3-8-18-15(24)19-14(23)10-26-16-21-20-13(22(16)2)9-25-12-6-4-11(17)5-7-12/h4-7H,3,8-10H2,1-2H3,(H2,18,19,23,24). The van der Waals surface area contributed by atoms with Gasteiger partial charge in [-0.05, 0) is 30.7 Å². The summed E-state index contributed by atoms with van der Waals surface area (Å²) in [7, 11) is 1.79. The Morgan fingerprint density at radius 2 is 2.00 bits per heavy atom. The molecule has 2 rings (SSSR count). The molecule has 0 spiro atoms. The number of carbonyl (C=O) groups is 2. The fourth-order valence-electron chi connectivity index (χ4n) is 1.85. The molecule has 2 N–H and O–H groups in total. The molecule has 3 amide bonds. The van der Waals surface area contributed by atoms with E-state index in [1.807, 2.05) is 6.92 Å². The Morgan fingerprint density at radius 3 is 2.69 bits per heavy atom. The number of ether oxygens (including phenoxy) is 1. The van der Waals surface area contributed by atoms with Crippen LogP contribution in [0.1, 0.15) is 19.2 Å². The van der Waals surface area contributed by atoms with Gasteiger partial charge in [0.15, 0.2) is 11.0 Å². The van der Waals surface area contributed by atoms with Crippen molar-refractivity contribution in [3.05, 3.63) is 35.1 Å². The topological polar surface area (TPSA) is 98.1 Å². The van der Waals surface area contributed by atoms with Crippen molar-refractivity contribution in [2.24, 2.45) is 7.05 Å². The lowest BCUT2D eigenvalue weighted by molar-refractivity contribution is -0.117. The zero-order chi connectivity index (χ0) is 18.9. The van der Waals surface area contributed by atoms with Gasteiger partial charge in [0, 0.05) is 18.6 Å². The summed E-state index contributed by atoms with van der Waals surface area (Å²) in [6.45, 7) is 2.68. The highest BCUT2D eigenvalue weighted by Crippen LogP contribution is 2.18. The first-order valence-electron chi connectivity index (χ1n) is 7.96. The van der Waals surface area contributed by atoms with Gasteiger partial charge in [0.2, 0.25) is 5.91 Å². The number of nitrogens with zero attached hydrogens (tertiary/aromatic N) is 3. The first-order valence-corrected chi connectivity index (χ1v) is 9.33. The van der Waals surface area contributed by atoms with Crippen LogP contribution in [0.5, 0.6) is 5.75 Å². The number of carbonyl (C=O) groups excluding carboxylic acids is 2. The van der Waals surface area contributed by atoms with Gasteiger partial charge in [0.05, 0.1) is 5.75 Å². The van der Waals surface area contributed by atoms with Crippen molar-refractivity contribution < 1.29 is 14.3 Å². The zero-order valence-corrected chi connectivity index (χ0v) is 16.1. The maximum atomic E-state index is 11.8. The maximum absolute atomic E-state index is 11.8. The second-order valence-electron chi connectivity index (χ2n) is 5.29. The molecular weight excluding hydrogens is 378 g/mol. The summed E-state index contributed by atoms with van der Waals surface area (Å²) in [6.07, 6.45) is 0.802. The van der Waals surface area contributed by atoms with Crippen molar-refractivity contribution in [1.82, 2.24) is 25.4 Å². The SMILES string of the molecule is CCCNC(=O)NC(=O)CSc1nnc(COc2ccc(Cl)cc2)n1C. The summed E-state index contributed by atoms with van der Waals surface area (Å²) in [4.78, 5) is 23.2. The van der Waals surface area contributed by atoms with E-state index in [1.165, 1.54) is 11.8 Å². The normalized spacial score (nSPS) is 10.4. The van der Waals surface area contributed by atoms with E-state index in [2.05, 4.69) is 20.8 Å². The summed E-state index contributed by atoms with van der Waals surface area (Å²) in [5, 5.41) is 14.1. The van der Waals surface area contributed by atoms with E-state index in [9.17, 15) is 9.59 Å². The third kappa shape index (κ3) is 6.23. The Bertz CT molecular complexity index is 751. The van der Waals surface area contributed by atoms with Crippen molar-refractivity contribution in [1.29, 1.82) is 0 Å². The molecule has 0 aliphatic carbocycles. The minimum Gasteiger partial charge on any atom is -0.486 e. The lowest BCUT2D eigenvalue weighted by Crippen LogP contribution is -2.40.